The summed E-state index contributed by atoms with van der Waals surface area (Å²) in [7, 11) is 0. The van der Waals surface area contributed by atoms with Crippen LogP contribution in [-0.4, -0.2) is 14.7 Å². The highest BCUT2D eigenvalue weighted by Crippen LogP contribution is 2.22. The van der Waals surface area contributed by atoms with Gasteiger partial charge < -0.3 is 0 Å². The first-order chi connectivity index (χ1) is 7.38. The lowest BCUT2D eigenvalue weighted by Crippen LogP contribution is -2.21. The van der Waals surface area contributed by atoms with E-state index < -0.39 is 4.92 Å². The summed E-state index contributed by atoms with van der Waals surface area (Å²) < 4.78 is 1.82. The third-order valence-electron chi connectivity index (χ3n) is 2.39. The van der Waals surface area contributed by atoms with E-state index in [2.05, 4.69) is 5.10 Å². The van der Waals surface area contributed by atoms with Crippen LogP contribution in [0.1, 0.15) is 20.8 Å². The van der Waals surface area contributed by atoms with Gasteiger partial charge in [0.2, 0.25) is 0 Å². The topological polar surface area (TPSA) is 61.0 Å². The highest BCUT2D eigenvalue weighted by Gasteiger charge is 2.16. The monoisotopic (exact) mass is 219 g/mol. The summed E-state index contributed by atoms with van der Waals surface area (Å²) in [4.78, 5) is 10.2. The minimum Gasteiger partial charge on any atom is -0.266 e. The lowest BCUT2D eigenvalue weighted by atomic mass is 10.1. The summed E-state index contributed by atoms with van der Waals surface area (Å²) in [5, 5.41) is 15.8. The van der Waals surface area contributed by atoms with Crippen LogP contribution in [0.4, 0.5) is 5.69 Å². The Morgan fingerprint density at radius 1 is 1.38 bits per heavy atom. The molecule has 2 rings (SSSR count). The zero-order valence-electron chi connectivity index (χ0n) is 9.47. The molecule has 1 heterocycles. The molecule has 0 amide bonds. The molecule has 0 spiro atoms. The molecule has 0 bridgehead atoms. The van der Waals surface area contributed by atoms with E-state index in [0.29, 0.717) is 0 Å². The van der Waals surface area contributed by atoms with Crippen LogP contribution < -0.4 is 0 Å². The van der Waals surface area contributed by atoms with E-state index in [-0.39, 0.29) is 11.2 Å². The number of benzene rings is 1. The van der Waals surface area contributed by atoms with E-state index in [9.17, 15) is 10.1 Å². The molecule has 16 heavy (non-hydrogen) atoms. The molecule has 0 atom stereocenters. The molecule has 0 saturated heterocycles. The Bertz CT molecular complexity index is 552. The lowest BCUT2D eigenvalue weighted by molar-refractivity contribution is -0.384. The normalized spacial score (nSPS) is 11.9. The average Bonchev–Trinajstić information content (AvgIpc) is 2.58. The van der Waals surface area contributed by atoms with Gasteiger partial charge in [0.25, 0.3) is 5.69 Å². The van der Waals surface area contributed by atoms with Crippen molar-refractivity contribution >= 4 is 16.6 Å². The standard InChI is InChI=1S/C11H13N3O2/c1-11(2,3)13-7-8-6-9(14(15)16)4-5-10(8)12-13/h4-7H,1-3H3. The molecule has 5 heteroatoms. The largest absolute Gasteiger partial charge is 0.270 e. The number of non-ortho nitro benzene ring substituents is 1. The summed E-state index contributed by atoms with van der Waals surface area (Å²) in [6, 6.07) is 4.70. The fourth-order valence-electron chi connectivity index (χ4n) is 1.47. The summed E-state index contributed by atoms with van der Waals surface area (Å²) >= 11 is 0. The number of hydrogen-bond acceptors (Lipinski definition) is 3. The van der Waals surface area contributed by atoms with Gasteiger partial charge >= 0.3 is 0 Å². The number of nitrogens with zero attached hydrogens (tertiary/aromatic N) is 3. The van der Waals surface area contributed by atoms with Crippen molar-refractivity contribution in [3.05, 3.63) is 34.5 Å². The highest BCUT2D eigenvalue weighted by atomic mass is 16.6. The molecule has 0 fully saturated rings. The highest BCUT2D eigenvalue weighted by molar-refractivity contribution is 5.80. The van der Waals surface area contributed by atoms with E-state index in [1.807, 2.05) is 31.6 Å². The molecule has 0 aliphatic rings. The van der Waals surface area contributed by atoms with Gasteiger partial charge in [-0.25, -0.2) is 0 Å². The Morgan fingerprint density at radius 3 is 2.62 bits per heavy atom. The molecule has 0 aliphatic heterocycles. The van der Waals surface area contributed by atoms with E-state index in [1.54, 1.807) is 12.1 Å². The van der Waals surface area contributed by atoms with Gasteiger partial charge in [-0.05, 0) is 26.8 Å². The van der Waals surface area contributed by atoms with Gasteiger partial charge in [0.05, 0.1) is 16.0 Å². The zero-order chi connectivity index (χ0) is 11.9. The summed E-state index contributed by atoms with van der Waals surface area (Å²) in [5.74, 6) is 0. The molecule has 0 saturated carbocycles. The van der Waals surface area contributed by atoms with Gasteiger partial charge in [-0.1, -0.05) is 0 Å². The number of nitro groups is 1. The van der Waals surface area contributed by atoms with Crippen molar-refractivity contribution in [2.75, 3.05) is 0 Å². The van der Waals surface area contributed by atoms with Crippen LogP contribution in [0.3, 0.4) is 0 Å². The molecule has 0 aliphatic carbocycles. The van der Waals surface area contributed by atoms with Crippen LogP contribution in [0.25, 0.3) is 10.9 Å². The SMILES string of the molecule is CC(C)(C)n1cc2cc([N+](=O)[O-])ccc2n1. The Labute approximate surface area is 92.8 Å². The quantitative estimate of drug-likeness (QED) is 0.547. The maximum atomic E-state index is 10.6. The summed E-state index contributed by atoms with van der Waals surface area (Å²) in [6.07, 6.45) is 1.84. The first kappa shape index (κ1) is 10.6. The minimum atomic E-state index is -0.395. The van der Waals surface area contributed by atoms with Crippen molar-refractivity contribution in [2.24, 2.45) is 0 Å². The van der Waals surface area contributed by atoms with E-state index >= 15 is 0 Å². The number of nitro benzene ring substituents is 1. The second kappa shape index (κ2) is 3.30. The van der Waals surface area contributed by atoms with Gasteiger partial charge in [0.15, 0.2) is 0 Å². The first-order valence-corrected chi connectivity index (χ1v) is 5.02. The fraction of sp³-hybridized carbons (Fsp3) is 0.364. The third kappa shape index (κ3) is 1.76. The Kier molecular flexibility index (Phi) is 2.18. The van der Waals surface area contributed by atoms with Gasteiger partial charge in [-0.2, -0.15) is 5.10 Å². The van der Waals surface area contributed by atoms with Gasteiger partial charge in [-0.3, -0.25) is 14.8 Å². The third-order valence-corrected chi connectivity index (χ3v) is 2.39. The van der Waals surface area contributed by atoms with Crippen LogP contribution >= 0.6 is 0 Å². The van der Waals surface area contributed by atoms with Crippen LogP contribution in [0.15, 0.2) is 24.4 Å². The van der Waals surface area contributed by atoms with Crippen molar-refractivity contribution in [3.8, 4) is 0 Å². The predicted molar refractivity (Wildman–Crippen MR) is 61.4 cm³/mol. The zero-order valence-corrected chi connectivity index (χ0v) is 9.47. The smallest absolute Gasteiger partial charge is 0.266 e. The molecule has 0 radical (unpaired) electrons. The van der Waals surface area contributed by atoms with E-state index in [1.165, 1.54) is 6.07 Å². The van der Waals surface area contributed by atoms with E-state index in [0.717, 1.165) is 10.9 Å². The maximum absolute atomic E-state index is 10.6. The molecule has 1 aromatic carbocycles. The average molecular weight is 219 g/mol. The van der Waals surface area contributed by atoms with E-state index in [4.69, 9.17) is 0 Å². The fourth-order valence-corrected chi connectivity index (χ4v) is 1.47. The summed E-state index contributed by atoms with van der Waals surface area (Å²) in [5.41, 5.74) is 0.759. The molecule has 1 aromatic heterocycles. The molecule has 0 N–H and O–H groups in total. The van der Waals surface area contributed by atoms with Crippen molar-refractivity contribution < 1.29 is 4.92 Å². The predicted octanol–water partition coefficient (Wildman–Crippen LogP) is 2.70. The number of aromatic nitrogens is 2. The maximum Gasteiger partial charge on any atom is 0.270 e. The molecule has 2 aromatic rings. The van der Waals surface area contributed by atoms with Crippen molar-refractivity contribution in [1.82, 2.24) is 9.78 Å². The first-order valence-electron chi connectivity index (χ1n) is 5.02. The number of hydrogen-bond donors (Lipinski definition) is 0. The second-order valence-corrected chi connectivity index (χ2v) is 4.74. The van der Waals surface area contributed by atoms with Gasteiger partial charge in [0.1, 0.15) is 0 Å². The van der Waals surface area contributed by atoms with Gasteiger partial charge in [0, 0.05) is 23.7 Å². The Balaban J connectivity index is 2.59. The van der Waals surface area contributed by atoms with Crippen molar-refractivity contribution in [1.29, 1.82) is 0 Å². The molecular weight excluding hydrogens is 206 g/mol. The molecular formula is C11H13N3O2. The Hall–Kier alpha value is -1.91. The number of fused-ring (bicyclic) bond motifs is 1. The summed E-state index contributed by atoms with van der Waals surface area (Å²) in [6.45, 7) is 6.11. The second-order valence-electron chi connectivity index (χ2n) is 4.74. The Morgan fingerprint density at radius 2 is 2.06 bits per heavy atom. The van der Waals surface area contributed by atoms with Gasteiger partial charge in [-0.15, -0.1) is 0 Å². The van der Waals surface area contributed by atoms with Crippen molar-refractivity contribution in [2.45, 2.75) is 26.3 Å². The number of rotatable bonds is 1. The van der Waals surface area contributed by atoms with Crippen LogP contribution in [-0.2, 0) is 5.54 Å². The van der Waals surface area contributed by atoms with Crippen LogP contribution in [0, 0.1) is 10.1 Å². The van der Waals surface area contributed by atoms with Crippen LogP contribution in [0.5, 0.6) is 0 Å². The molecule has 5 nitrogen and oxygen atoms in total. The lowest BCUT2D eigenvalue weighted by Gasteiger charge is -2.18. The van der Waals surface area contributed by atoms with Crippen LogP contribution in [0.2, 0.25) is 0 Å². The minimum absolute atomic E-state index is 0.0981. The van der Waals surface area contributed by atoms with Crippen molar-refractivity contribution in [3.63, 3.8) is 0 Å². The molecule has 84 valence electrons. The molecule has 0 unspecified atom stereocenters.